The van der Waals surface area contributed by atoms with Gasteiger partial charge in [0.1, 0.15) is 0 Å². The first-order valence-corrected chi connectivity index (χ1v) is 4.85. The van der Waals surface area contributed by atoms with Crippen LogP contribution in [-0.2, 0) is 13.6 Å². The summed E-state index contributed by atoms with van der Waals surface area (Å²) in [5.41, 5.74) is 9.66. The molecule has 2 heterocycles. The van der Waals surface area contributed by atoms with Gasteiger partial charge in [0.05, 0.1) is 29.8 Å². The minimum atomic E-state index is 0.720. The van der Waals surface area contributed by atoms with Crippen molar-refractivity contribution in [3.8, 4) is 0 Å². The van der Waals surface area contributed by atoms with Crippen LogP contribution in [0.2, 0.25) is 0 Å². The number of aryl methyl sites for hydroxylation is 2. The van der Waals surface area contributed by atoms with E-state index in [-0.39, 0.29) is 0 Å². The van der Waals surface area contributed by atoms with Gasteiger partial charge in [0.15, 0.2) is 0 Å². The second-order valence-corrected chi connectivity index (χ2v) is 3.76. The third-order valence-electron chi connectivity index (χ3n) is 2.53. The summed E-state index contributed by atoms with van der Waals surface area (Å²) < 4.78 is 3.69. The monoisotopic (exact) mass is 205 g/mol. The zero-order chi connectivity index (χ0) is 11.0. The number of hydrogen-bond donors (Lipinski definition) is 1. The standard InChI is InChI=1S/C10H15N5/c1-7-10(11)8(2)15(13-7)6-9-4-12-14(3)5-9/h4-5H,6,11H2,1-3H3. The van der Waals surface area contributed by atoms with Crippen LogP contribution in [0.1, 0.15) is 17.0 Å². The summed E-state index contributed by atoms with van der Waals surface area (Å²) in [6, 6.07) is 0. The molecule has 0 unspecified atom stereocenters. The first-order chi connectivity index (χ1) is 7.08. The molecule has 0 aliphatic rings. The lowest BCUT2D eigenvalue weighted by Gasteiger charge is -2.01. The maximum atomic E-state index is 5.86. The molecule has 0 saturated carbocycles. The van der Waals surface area contributed by atoms with E-state index in [4.69, 9.17) is 5.73 Å². The molecule has 0 radical (unpaired) electrons. The molecule has 2 N–H and O–H groups in total. The van der Waals surface area contributed by atoms with Crippen molar-refractivity contribution in [2.75, 3.05) is 5.73 Å². The van der Waals surface area contributed by atoms with Crippen LogP contribution < -0.4 is 5.73 Å². The van der Waals surface area contributed by atoms with E-state index in [0.29, 0.717) is 0 Å². The largest absolute Gasteiger partial charge is 0.396 e. The average Bonchev–Trinajstić information content (AvgIpc) is 2.68. The second kappa shape index (κ2) is 3.42. The number of aromatic nitrogens is 4. The molecule has 15 heavy (non-hydrogen) atoms. The predicted molar refractivity (Wildman–Crippen MR) is 58.4 cm³/mol. The molecule has 0 amide bonds. The van der Waals surface area contributed by atoms with Gasteiger partial charge >= 0.3 is 0 Å². The summed E-state index contributed by atoms with van der Waals surface area (Å²) in [6.45, 7) is 4.62. The quantitative estimate of drug-likeness (QED) is 0.791. The lowest BCUT2D eigenvalue weighted by molar-refractivity contribution is 0.658. The number of anilines is 1. The molecule has 0 aliphatic heterocycles. The van der Waals surface area contributed by atoms with Crippen LogP contribution in [0.3, 0.4) is 0 Å². The van der Waals surface area contributed by atoms with Crippen molar-refractivity contribution >= 4 is 5.69 Å². The highest BCUT2D eigenvalue weighted by atomic mass is 15.3. The predicted octanol–water partition coefficient (Wildman–Crippen LogP) is 0.864. The van der Waals surface area contributed by atoms with Crippen molar-refractivity contribution < 1.29 is 0 Å². The Morgan fingerprint density at radius 1 is 1.40 bits per heavy atom. The van der Waals surface area contributed by atoms with E-state index >= 15 is 0 Å². The molecule has 0 aliphatic carbocycles. The van der Waals surface area contributed by atoms with Gasteiger partial charge in [-0.1, -0.05) is 0 Å². The van der Waals surface area contributed by atoms with Gasteiger partial charge in [0, 0.05) is 18.8 Å². The van der Waals surface area contributed by atoms with Crippen molar-refractivity contribution in [3.05, 3.63) is 29.3 Å². The molecule has 0 spiro atoms. The Hall–Kier alpha value is -1.78. The molecule has 5 heteroatoms. The molecule has 80 valence electrons. The summed E-state index contributed by atoms with van der Waals surface area (Å²) in [4.78, 5) is 0. The van der Waals surface area contributed by atoms with Gasteiger partial charge in [0.2, 0.25) is 0 Å². The fraction of sp³-hybridized carbons (Fsp3) is 0.400. The van der Waals surface area contributed by atoms with Gasteiger partial charge < -0.3 is 5.73 Å². The number of nitrogen functional groups attached to an aromatic ring is 1. The number of nitrogens with two attached hydrogens (primary N) is 1. The molecular formula is C10H15N5. The Bertz CT molecular complexity index is 480. The minimum Gasteiger partial charge on any atom is -0.396 e. The molecule has 2 aromatic rings. The van der Waals surface area contributed by atoms with Gasteiger partial charge in [-0.2, -0.15) is 10.2 Å². The van der Waals surface area contributed by atoms with E-state index in [0.717, 1.165) is 29.2 Å². The molecule has 2 rings (SSSR count). The van der Waals surface area contributed by atoms with Gasteiger partial charge in [-0.05, 0) is 13.8 Å². The fourth-order valence-corrected chi connectivity index (χ4v) is 1.59. The SMILES string of the molecule is Cc1nn(Cc2cnn(C)c2)c(C)c1N. The first-order valence-electron chi connectivity index (χ1n) is 4.85. The van der Waals surface area contributed by atoms with Gasteiger partial charge in [-0.25, -0.2) is 0 Å². The molecule has 0 bridgehead atoms. The fourth-order valence-electron chi connectivity index (χ4n) is 1.59. The molecule has 0 fully saturated rings. The van der Waals surface area contributed by atoms with Crippen molar-refractivity contribution in [2.45, 2.75) is 20.4 Å². The first kappa shape index (κ1) is 9.76. The van der Waals surface area contributed by atoms with Gasteiger partial charge in [-0.15, -0.1) is 0 Å². The summed E-state index contributed by atoms with van der Waals surface area (Å²) in [6.07, 6.45) is 3.82. The average molecular weight is 205 g/mol. The minimum absolute atomic E-state index is 0.720. The number of nitrogens with zero attached hydrogens (tertiary/aromatic N) is 4. The van der Waals surface area contributed by atoms with Gasteiger partial charge in [0.25, 0.3) is 0 Å². The highest BCUT2D eigenvalue weighted by molar-refractivity contribution is 5.46. The van der Waals surface area contributed by atoms with Crippen molar-refractivity contribution in [1.29, 1.82) is 0 Å². The summed E-state index contributed by atoms with van der Waals surface area (Å²) >= 11 is 0. The summed E-state index contributed by atoms with van der Waals surface area (Å²) in [5.74, 6) is 0. The number of rotatable bonds is 2. The zero-order valence-corrected chi connectivity index (χ0v) is 9.23. The van der Waals surface area contributed by atoms with Crippen LogP contribution >= 0.6 is 0 Å². The Kier molecular flexibility index (Phi) is 2.22. The second-order valence-electron chi connectivity index (χ2n) is 3.76. The maximum absolute atomic E-state index is 5.86. The van der Waals surface area contributed by atoms with E-state index in [1.54, 1.807) is 4.68 Å². The molecule has 0 atom stereocenters. The van der Waals surface area contributed by atoms with E-state index in [2.05, 4.69) is 10.2 Å². The van der Waals surface area contributed by atoms with Crippen molar-refractivity contribution in [2.24, 2.45) is 7.05 Å². The van der Waals surface area contributed by atoms with E-state index in [1.807, 2.05) is 38.0 Å². The van der Waals surface area contributed by atoms with Crippen LogP contribution in [0, 0.1) is 13.8 Å². The van der Waals surface area contributed by atoms with Crippen LogP contribution in [-0.4, -0.2) is 19.6 Å². The normalized spacial score (nSPS) is 10.9. The highest BCUT2D eigenvalue weighted by Gasteiger charge is 2.08. The Morgan fingerprint density at radius 2 is 2.13 bits per heavy atom. The molecule has 0 aromatic carbocycles. The van der Waals surface area contributed by atoms with E-state index in [1.165, 1.54) is 0 Å². The Balaban J connectivity index is 2.28. The summed E-state index contributed by atoms with van der Waals surface area (Å²) in [7, 11) is 1.90. The molecule has 5 nitrogen and oxygen atoms in total. The molecule has 2 aromatic heterocycles. The molecular weight excluding hydrogens is 190 g/mol. The van der Waals surface area contributed by atoms with Crippen LogP contribution in [0.5, 0.6) is 0 Å². The zero-order valence-electron chi connectivity index (χ0n) is 9.23. The van der Waals surface area contributed by atoms with Crippen LogP contribution in [0.15, 0.2) is 12.4 Å². The topological polar surface area (TPSA) is 61.7 Å². The smallest absolute Gasteiger partial charge is 0.0826 e. The number of hydrogen-bond acceptors (Lipinski definition) is 3. The lowest BCUT2D eigenvalue weighted by atomic mass is 10.3. The highest BCUT2D eigenvalue weighted by Crippen LogP contribution is 2.15. The van der Waals surface area contributed by atoms with Crippen molar-refractivity contribution in [3.63, 3.8) is 0 Å². The maximum Gasteiger partial charge on any atom is 0.0826 e. The Labute approximate surface area is 88.5 Å². The third-order valence-corrected chi connectivity index (χ3v) is 2.53. The summed E-state index contributed by atoms with van der Waals surface area (Å²) in [5, 5.41) is 8.48. The lowest BCUT2D eigenvalue weighted by Crippen LogP contribution is -2.03. The van der Waals surface area contributed by atoms with E-state index in [9.17, 15) is 0 Å². The Morgan fingerprint density at radius 3 is 2.60 bits per heavy atom. The van der Waals surface area contributed by atoms with Gasteiger partial charge in [-0.3, -0.25) is 9.36 Å². The van der Waals surface area contributed by atoms with Crippen molar-refractivity contribution in [1.82, 2.24) is 19.6 Å². The molecule has 0 saturated heterocycles. The third kappa shape index (κ3) is 1.72. The van der Waals surface area contributed by atoms with Crippen LogP contribution in [0.4, 0.5) is 5.69 Å². The van der Waals surface area contributed by atoms with E-state index < -0.39 is 0 Å². The van der Waals surface area contributed by atoms with Crippen LogP contribution in [0.25, 0.3) is 0 Å².